The fourth-order valence-corrected chi connectivity index (χ4v) is 2.30. The Bertz CT molecular complexity index is 657. The van der Waals surface area contributed by atoms with E-state index < -0.39 is 5.97 Å². The number of aromatic carboxylic acids is 1. The molecule has 1 aromatic carbocycles. The van der Waals surface area contributed by atoms with Gasteiger partial charge in [-0.25, -0.2) is 4.79 Å². The van der Waals surface area contributed by atoms with Crippen LogP contribution in [-0.2, 0) is 12.8 Å². The van der Waals surface area contributed by atoms with E-state index in [0.717, 1.165) is 17.4 Å². The molecule has 3 rings (SSSR count). The Balaban J connectivity index is 2.18. The van der Waals surface area contributed by atoms with Crippen LogP contribution in [0.4, 0.5) is 0 Å². The number of aryl methyl sites for hydroxylation is 1. The molecule has 18 heavy (non-hydrogen) atoms. The van der Waals surface area contributed by atoms with Crippen LogP contribution in [0, 0.1) is 0 Å². The van der Waals surface area contributed by atoms with Gasteiger partial charge in [-0.05, 0) is 24.5 Å². The summed E-state index contributed by atoms with van der Waals surface area (Å²) in [5.41, 5.74) is 3.03. The van der Waals surface area contributed by atoms with Crippen LogP contribution >= 0.6 is 0 Å². The Morgan fingerprint density at radius 2 is 2.22 bits per heavy atom. The highest BCUT2D eigenvalue weighted by atomic mass is 16.5. The number of rotatable bonds is 2. The van der Waals surface area contributed by atoms with Crippen molar-refractivity contribution in [2.45, 2.75) is 12.8 Å². The van der Waals surface area contributed by atoms with Gasteiger partial charge in [-0.1, -0.05) is 17.3 Å². The van der Waals surface area contributed by atoms with Crippen molar-refractivity contribution in [3.63, 3.8) is 0 Å². The quantitative estimate of drug-likeness (QED) is 0.815. The number of hydrogen-bond acceptors (Lipinski definition) is 4. The van der Waals surface area contributed by atoms with Crippen molar-refractivity contribution in [3.8, 4) is 11.3 Å². The summed E-state index contributed by atoms with van der Waals surface area (Å²) in [5, 5.41) is 12.6. The average molecular weight is 243 g/mol. The third kappa shape index (κ3) is 1.44. The summed E-state index contributed by atoms with van der Waals surface area (Å²) in [6.45, 7) is 0. The molecule has 0 amide bonds. The van der Waals surface area contributed by atoms with Crippen molar-refractivity contribution in [3.05, 3.63) is 40.6 Å². The molecule has 0 atom stereocenters. The lowest BCUT2D eigenvalue weighted by molar-refractivity contribution is 0.0684. The molecule has 0 radical (unpaired) electrons. The van der Waals surface area contributed by atoms with E-state index >= 15 is 0 Å². The topological polar surface area (TPSA) is 80.4 Å². The highest BCUT2D eigenvalue weighted by Crippen LogP contribution is 2.35. The van der Waals surface area contributed by atoms with Gasteiger partial charge in [-0.3, -0.25) is 4.79 Å². The first kappa shape index (κ1) is 10.7. The summed E-state index contributed by atoms with van der Waals surface area (Å²) in [7, 11) is 0. The maximum atomic E-state index is 11.0. The summed E-state index contributed by atoms with van der Waals surface area (Å²) < 4.78 is 5.13. The lowest BCUT2D eigenvalue weighted by atomic mass is 9.88. The maximum absolute atomic E-state index is 11.0. The summed E-state index contributed by atoms with van der Waals surface area (Å²) in [6.07, 6.45) is 2.04. The van der Waals surface area contributed by atoms with E-state index in [2.05, 4.69) is 5.16 Å². The van der Waals surface area contributed by atoms with E-state index in [9.17, 15) is 9.59 Å². The minimum Gasteiger partial charge on any atom is -0.476 e. The fraction of sp³-hybridized carbons (Fsp3) is 0.154. The highest BCUT2D eigenvalue weighted by Gasteiger charge is 2.27. The van der Waals surface area contributed by atoms with Gasteiger partial charge in [0, 0.05) is 16.7 Å². The van der Waals surface area contributed by atoms with Gasteiger partial charge in [0.05, 0.1) is 0 Å². The minimum absolute atomic E-state index is 0.0184. The van der Waals surface area contributed by atoms with Crippen LogP contribution in [0.3, 0.4) is 0 Å². The van der Waals surface area contributed by atoms with Crippen molar-refractivity contribution >= 4 is 12.3 Å². The molecule has 5 heteroatoms. The predicted octanol–water partition coefficient (Wildman–Crippen LogP) is 1.95. The van der Waals surface area contributed by atoms with Gasteiger partial charge in [-0.2, -0.15) is 0 Å². The van der Waals surface area contributed by atoms with E-state index in [4.69, 9.17) is 9.63 Å². The van der Waals surface area contributed by atoms with Gasteiger partial charge in [-0.15, -0.1) is 0 Å². The van der Waals surface area contributed by atoms with Gasteiger partial charge in [0.1, 0.15) is 6.29 Å². The number of benzene rings is 1. The van der Waals surface area contributed by atoms with Crippen molar-refractivity contribution in [1.29, 1.82) is 0 Å². The monoisotopic (exact) mass is 243 g/mol. The first-order valence-electron chi connectivity index (χ1n) is 5.51. The molecule has 0 aliphatic heterocycles. The molecule has 1 heterocycles. The molecule has 0 saturated heterocycles. The number of hydrogen-bond donors (Lipinski definition) is 1. The SMILES string of the molecule is O=Cc1ccc2c(c1)CCc1c(C(=O)O)noc1-2. The Morgan fingerprint density at radius 1 is 1.39 bits per heavy atom. The van der Waals surface area contributed by atoms with Gasteiger partial charge < -0.3 is 9.63 Å². The average Bonchev–Trinajstić information content (AvgIpc) is 2.82. The zero-order valence-electron chi connectivity index (χ0n) is 9.34. The largest absolute Gasteiger partial charge is 0.476 e. The third-order valence-corrected chi connectivity index (χ3v) is 3.15. The van der Waals surface area contributed by atoms with E-state index in [1.54, 1.807) is 18.2 Å². The van der Waals surface area contributed by atoms with Gasteiger partial charge >= 0.3 is 5.97 Å². The van der Waals surface area contributed by atoms with Gasteiger partial charge in [0.15, 0.2) is 11.5 Å². The lowest BCUT2D eigenvalue weighted by Gasteiger charge is -2.14. The number of carboxylic acid groups (broad SMARTS) is 1. The van der Waals surface area contributed by atoms with E-state index in [1.165, 1.54) is 0 Å². The second-order valence-corrected chi connectivity index (χ2v) is 4.18. The second-order valence-electron chi connectivity index (χ2n) is 4.18. The summed E-state index contributed by atoms with van der Waals surface area (Å²) in [6, 6.07) is 5.26. The molecule has 0 saturated carbocycles. The van der Waals surface area contributed by atoms with E-state index in [-0.39, 0.29) is 5.69 Å². The summed E-state index contributed by atoms with van der Waals surface area (Å²) >= 11 is 0. The molecule has 5 nitrogen and oxygen atoms in total. The van der Waals surface area contributed by atoms with Gasteiger partial charge in [0.25, 0.3) is 0 Å². The molecular weight excluding hydrogens is 234 g/mol. The number of nitrogens with zero attached hydrogens (tertiary/aromatic N) is 1. The molecule has 0 spiro atoms. The zero-order chi connectivity index (χ0) is 12.7. The molecule has 0 unspecified atom stereocenters. The Kier molecular flexibility index (Phi) is 2.26. The lowest BCUT2D eigenvalue weighted by Crippen LogP contribution is -2.07. The maximum Gasteiger partial charge on any atom is 0.358 e. The van der Waals surface area contributed by atoms with E-state index in [1.807, 2.05) is 0 Å². The Morgan fingerprint density at radius 3 is 2.94 bits per heavy atom. The normalized spacial score (nSPS) is 12.7. The number of carboxylic acids is 1. The Labute approximate surface area is 102 Å². The predicted molar refractivity (Wildman–Crippen MR) is 61.7 cm³/mol. The van der Waals surface area contributed by atoms with E-state index in [0.29, 0.717) is 29.7 Å². The van der Waals surface area contributed by atoms with Crippen molar-refractivity contribution in [2.24, 2.45) is 0 Å². The van der Waals surface area contributed by atoms with Crippen LogP contribution in [0.1, 0.15) is 32.0 Å². The first-order chi connectivity index (χ1) is 8.70. The first-order valence-corrected chi connectivity index (χ1v) is 5.51. The molecule has 1 aromatic heterocycles. The zero-order valence-corrected chi connectivity index (χ0v) is 9.34. The Hall–Kier alpha value is -2.43. The van der Waals surface area contributed by atoms with Crippen molar-refractivity contribution < 1.29 is 19.2 Å². The number of carbonyl (C=O) groups excluding carboxylic acids is 1. The minimum atomic E-state index is -1.08. The smallest absolute Gasteiger partial charge is 0.358 e. The van der Waals surface area contributed by atoms with Crippen LogP contribution in [-0.4, -0.2) is 22.5 Å². The molecule has 1 N–H and O–H groups in total. The highest BCUT2D eigenvalue weighted by molar-refractivity contribution is 5.90. The number of aromatic nitrogens is 1. The fourth-order valence-electron chi connectivity index (χ4n) is 2.30. The molecular formula is C13H9NO4. The van der Waals surface area contributed by atoms with Gasteiger partial charge in [0.2, 0.25) is 0 Å². The van der Waals surface area contributed by atoms with Crippen LogP contribution in [0.2, 0.25) is 0 Å². The second kappa shape index (κ2) is 3.80. The molecule has 1 aliphatic rings. The molecule has 1 aliphatic carbocycles. The summed E-state index contributed by atoms with van der Waals surface area (Å²) in [4.78, 5) is 21.7. The van der Waals surface area contributed by atoms with Crippen molar-refractivity contribution in [1.82, 2.24) is 5.16 Å². The van der Waals surface area contributed by atoms with Crippen LogP contribution in [0.5, 0.6) is 0 Å². The third-order valence-electron chi connectivity index (χ3n) is 3.15. The van der Waals surface area contributed by atoms with Crippen molar-refractivity contribution in [2.75, 3.05) is 0 Å². The summed E-state index contributed by atoms with van der Waals surface area (Å²) in [5.74, 6) is -0.570. The molecule has 2 aromatic rings. The molecule has 0 fully saturated rings. The number of fused-ring (bicyclic) bond motifs is 3. The van der Waals surface area contributed by atoms with Crippen LogP contribution in [0.25, 0.3) is 11.3 Å². The molecule has 0 bridgehead atoms. The van der Waals surface area contributed by atoms with Crippen LogP contribution < -0.4 is 0 Å². The standard InChI is InChI=1S/C13H9NO4/c15-6-7-1-3-9-8(5-7)2-4-10-11(13(16)17)14-18-12(9)10/h1,3,5-6H,2,4H2,(H,16,17). The molecule has 90 valence electrons. The van der Waals surface area contributed by atoms with Crippen LogP contribution in [0.15, 0.2) is 22.7 Å². The number of aldehydes is 1. The number of carbonyl (C=O) groups is 2.